The third-order valence-electron chi connectivity index (χ3n) is 4.52. The van der Waals surface area contributed by atoms with Crippen molar-refractivity contribution in [3.63, 3.8) is 0 Å². The minimum atomic E-state index is -0.0225. The van der Waals surface area contributed by atoms with E-state index in [1.165, 1.54) is 0 Å². The Morgan fingerprint density at radius 1 is 1.50 bits per heavy atom. The first-order valence-corrected chi connectivity index (χ1v) is 7.35. The lowest BCUT2D eigenvalue weighted by molar-refractivity contribution is -0.0188. The second-order valence-electron chi connectivity index (χ2n) is 5.54. The molecule has 0 spiro atoms. The molecule has 0 aromatic heterocycles. The molecule has 2 N–H and O–H groups in total. The van der Waals surface area contributed by atoms with E-state index in [1.807, 2.05) is 12.1 Å². The summed E-state index contributed by atoms with van der Waals surface area (Å²) in [5.41, 5.74) is 7.26. The summed E-state index contributed by atoms with van der Waals surface area (Å²) in [5.74, 6) is 0.876. The van der Waals surface area contributed by atoms with Crippen molar-refractivity contribution in [2.75, 3.05) is 32.2 Å². The van der Waals surface area contributed by atoms with Gasteiger partial charge in [-0.1, -0.05) is 13.0 Å². The van der Waals surface area contributed by atoms with E-state index < -0.39 is 0 Å². The van der Waals surface area contributed by atoms with Crippen molar-refractivity contribution in [3.8, 4) is 5.75 Å². The molecule has 2 rings (SSSR count). The summed E-state index contributed by atoms with van der Waals surface area (Å²) in [5, 5.41) is 0. The number of anilines is 1. The summed E-state index contributed by atoms with van der Waals surface area (Å²) in [6.45, 7) is 3.59. The van der Waals surface area contributed by atoms with Crippen LogP contribution in [-0.2, 0) is 4.74 Å². The second kappa shape index (κ2) is 6.46. The molecule has 1 saturated heterocycles. The number of hydrogen-bond acceptors (Lipinski definition) is 4. The van der Waals surface area contributed by atoms with E-state index in [-0.39, 0.29) is 5.54 Å². The molecular weight excluding hydrogens is 252 g/mol. The van der Waals surface area contributed by atoms with Gasteiger partial charge in [0.2, 0.25) is 0 Å². The first kappa shape index (κ1) is 15.1. The first-order chi connectivity index (χ1) is 9.65. The van der Waals surface area contributed by atoms with Crippen molar-refractivity contribution in [1.82, 2.24) is 0 Å². The lowest BCUT2D eigenvalue weighted by atomic mass is 9.84. The highest BCUT2D eigenvalue weighted by Crippen LogP contribution is 2.34. The predicted octanol–water partition coefficient (Wildman–Crippen LogP) is 2.42. The molecule has 112 valence electrons. The van der Waals surface area contributed by atoms with Crippen molar-refractivity contribution in [1.29, 1.82) is 0 Å². The molecule has 1 aromatic rings. The molecule has 4 heteroatoms. The number of hydrogen-bond donors (Lipinski definition) is 1. The second-order valence-corrected chi connectivity index (χ2v) is 5.54. The molecular formula is C16H26N2O2. The maximum absolute atomic E-state index is 6.14. The average molecular weight is 278 g/mol. The third-order valence-corrected chi connectivity index (χ3v) is 4.52. The lowest BCUT2D eigenvalue weighted by Gasteiger charge is -2.47. The van der Waals surface area contributed by atoms with Crippen LogP contribution < -0.4 is 15.4 Å². The van der Waals surface area contributed by atoms with Crippen LogP contribution in [-0.4, -0.2) is 39.0 Å². The van der Waals surface area contributed by atoms with Crippen molar-refractivity contribution < 1.29 is 9.47 Å². The van der Waals surface area contributed by atoms with Crippen LogP contribution in [0.25, 0.3) is 0 Å². The van der Waals surface area contributed by atoms with Gasteiger partial charge in [-0.3, -0.25) is 0 Å². The maximum atomic E-state index is 6.14. The molecule has 0 radical (unpaired) electrons. The highest BCUT2D eigenvalue weighted by Gasteiger charge is 2.39. The van der Waals surface area contributed by atoms with Crippen molar-refractivity contribution >= 4 is 5.69 Å². The van der Waals surface area contributed by atoms with E-state index in [0.717, 1.165) is 37.3 Å². The van der Waals surface area contributed by atoms with E-state index in [1.54, 1.807) is 7.11 Å². The van der Waals surface area contributed by atoms with E-state index in [2.05, 4.69) is 31.0 Å². The summed E-state index contributed by atoms with van der Waals surface area (Å²) in [4.78, 5) is 2.31. The average Bonchev–Trinajstić information content (AvgIpc) is 2.54. The molecule has 1 aliphatic heterocycles. The molecule has 1 aliphatic rings. The van der Waals surface area contributed by atoms with Crippen LogP contribution in [0.15, 0.2) is 24.3 Å². The molecule has 1 heterocycles. The third kappa shape index (κ3) is 2.91. The Morgan fingerprint density at radius 2 is 2.30 bits per heavy atom. The Hall–Kier alpha value is -1.26. The van der Waals surface area contributed by atoms with Crippen LogP contribution in [0.5, 0.6) is 5.75 Å². The summed E-state index contributed by atoms with van der Waals surface area (Å²) in [6.07, 6.45) is 3.29. The number of likely N-dealkylation sites (N-methyl/N-ethyl adjacent to an activating group) is 1. The van der Waals surface area contributed by atoms with Gasteiger partial charge < -0.3 is 20.1 Å². The Bertz CT molecular complexity index is 438. The number of ether oxygens (including phenoxy) is 2. The Labute approximate surface area is 121 Å². The smallest absolute Gasteiger partial charge is 0.120 e. The van der Waals surface area contributed by atoms with Crippen LogP contribution in [0.1, 0.15) is 26.2 Å². The number of benzene rings is 1. The van der Waals surface area contributed by atoms with Crippen molar-refractivity contribution in [3.05, 3.63) is 24.3 Å². The van der Waals surface area contributed by atoms with Gasteiger partial charge in [0.25, 0.3) is 0 Å². The van der Waals surface area contributed by atoms with Crippen LogP contribution in [0.4, 0.5) is 5.69 Å². The fourth-order valence-corrected chi connectivity index (χ4v) is 2.98. The molecule has 0 bridgehead atoms. The lowest BCUT2D eigenvalue weighted by Crippen LogP contribution is -2.57. The quantitative estimate of drug-likeness (QED) is 0.898. The minimum absolute atomic E-state index is 0.0225. The van der Waals surface area contributed by atoms with Gasteiger partial charge >= 0.3 is 0 Å². The standard InChI is InChI=1S/C16H26N2O2/c1-4-14-11-16(12-17,8-9-20-14)18(2)13-6-5-7-15(10-13)19-3/h5-7,10,14H,4,8-9,11-12,17H2,1-3H3. The predicted molar refractivity (Wildman–Crippen MR) is 82.4 cm³/mol. The summed E-state index contributed by atoms with van der Waals surface area (Å²) < 4.78 is 11.1. The minimum Gasteiger partial charge on any atom is -0.497 e. The fourth-order valence-electron chi connectivity index (χ4n) is 2.98. The van der Waals surface area contributed by atoms with Gasteiger partial charge in [0.15, 0.2) is 0 Å². The van der Waals surface area contributed by atoms with Gasteiger partial charge in [0, 0.05) is 32.0 Å². The molecule has 0 aliphatic carbocycles. The van der Waals surface area contributed by atoms with E-state index >= 15 is 0 Å². The molecule has 20 heavy (non-hydrogen) atoms. The number of rotatable bonds is 5. The molecule has 1 aromatic carbocycles. The van der Waals surface area contributed by atoms with E-state index in [9.17, 15) is 0 Å². The van der Waals surface area contributed by atoms with Gasteiger partial charge in [0.1, 0.15) is 5.75 Å². The van der Waals surface area contributed by atoms with Crippen LogP contribution in [0.3, 0.4) is 0 Å². The highest BCUT2D eigenvalue weighted by atomic mass is 16.5. The highest BCUT2D eigenvalue weighted by molar-refractivity contribution is 5.52. The Kier molecular flexibility index (Phi) is 4.89. The SMILES string of the molecule is CCC1CC(CN)(N(C)c2cccc(OC)c2)CCO1. The van der Waals surface area contributed by atoms with Crippen LogP contribution in [0.2, 0.25) is 0 Å². The first-order valence-electron chi connectivity index (χ1n) is 7.35. The van der Waals surface area contributed by atoms with Crippen molar-refractivity contribution in [2.24, 2.45) is 5.73 Å². The number of nitrogens with two attached hydrogens (primary N) is 1. The Morgan fingerprint density at radius 3 is 2.95 bits per heavy atom. The molecule has 0 amide bonds. The monoisotopic (exact) mass is 278 g/mol. The normalized spacial score (nSPS) is 26.3. The summed E-state index contributed by atoms with van der Waals surface area (Å²) in [6, 6.07) is 8.15. The molecule has 4 nitrogen and oxygen atoms in total. The zero-order chi connectivity index (χ0) is 14.6. The summed E-state index contributed by atoms with van der Waals surface area (Å²) in [7, 11) is 3.82. The topological polar surface area (TPSA) is 47.7 Å². The number of methoxy groups -OCH3 is 1. The molecule has 2 unspecified atom stereocenters. The fraction of sp³-hybridized carbons (Fsp3) is 0.625. The molecule has 2 atom stereocenters. The zero-order valence-electron chi connectivity index (χ0n) is 12.8. The largest absolute Gasteiger partial charge is 0.497 e. The van der Waals surface area contributed by atoms with Gasteiger partial charge in [-0.2, -0.15) is 0 Å². The Balaban J connectivity index is 2.25. The van der Waals surface area contributed by atoms with Gasteiger partial charge in [-0.05, 0) is 31.4 Å². The van der Waals surface area contributed by atoms with Crippen molar-refractivity contribution in [2.45, 2.75) is 37.8 Å². The van der Waals surface area contributed by atoms with Gasteiger partial charge in [-0.15, -0.1) is 0 Å². The van der Waals surface area contributed by atoms with E-state index in [0.29, 0.717) is 12.6 Å². The zero-order valence-corrected chi connectivity index (χ0v) is 12.8. The van der Waals surface area contributed by atoms with E-state index in [4.69, 9.17) is 15.2 Å². The van der Waals surface area contributed by atoms with Gasteiger partial charge in [-0.25, -0.2) is 0 Å². The van der Waals surface area contributed by atoms with Crippen LogP contribution in [0, 0.1) is 0 Å². The molecule has 1 fully saturated rings. The summed E-state index contributed by atoms with van der Waals surface area (Å²) >= 11 is 0. The van der Waals surface area contributed by atoms with Crippen LogP contribution >= 0.6 is 0 Å². The number of nitrogens with zero attached hydrogens (tertiary/aromatic N) is 1. The van der Waals surface area contributed by atoms with Gasteiger partial charge in [0.05, 0.1) is 18.8 Å². The maximum Gasteiger partial charge on any atom is 0.120 e. The molecule has 0 saturated carbocycles.